The number of pyridine rings is 1. The molecule has 0 atom stereocenters. The van der Waals surface area contributed by atoms with Crippen LogP contribution < -0.4 is 19.5 Å². The number of hydrogen-bond donors (Lipinski definition) is 1. The molecule has 198 valence electrons. The first kappa shape index (κ1) is 26.3. The van der Waals surface area contributed by atoms with E-state index in [1.165, 1.54) is 6.20 Å². The quantitative estimate of drug-likeness (QED) is 0.199. The fraction of sp³-hybridized carbons (Fsp3) is 0.121. The lowest BCUT2D eigenvalue weighted by Gasteiger charge is -2.15. The summed E-state index contributed by atoms with van der Waals surface area (Å²) >= 11 is 0. The van der Waals surface area contributed by atoms with Crippen LogP contribution in [0.3, 0.4) is 0 Å². The Morgan fingerprint density at radius 3 is 2.38 bits per heavy atom. The van der Waals surface area contributed by atoms with Crippen molar-refractivity contribution < 1.29 is 19.0 Å². The lowest BCUT2D eigenvalue weighted by Crippen LogP contribution is -2.03. The van der Waals surface area contributed by atoms with Gasteiger partial charge in [0.1, 0.15) is 17.6 Å². The van der Waals surface area contributed by atoms with Gasteiger partial charge in [0.25, 0.3) is 0 Å². The number of nitrogens with one attached hydrogen (secondary N) is 1. The van der Waals surface area contributed by atoms with Crippen molar-refractivity contribution in [3.8, 4) is 29.1 Å². The Hall–Kier alpha value is -5.35. The van der Waals surface area contributed by atoms with E-state index < -0.39 is 0 Å². The molecule has 0 fully saturated rings. The van der Waals surface area contributed by atoms with Crippen molar-refractivity contribution in [2.24, 2.45) is 0 Å². The SMILES string of the molecule is COc1cc2ncc(C#N)c(Nc3ccc(Oc4cccc(CC(=O)c5cccc(C)c5)c4)cc3)c2cc1OC. The highest BCUT2D eigenvalue weighted by molar-refractivity contribution is 5.98. The largest absolute Gasteiger partial charge is 0.493 e. The van der Waals surface area contributed by atoms with E-state index in [1.807, 2.05) is 79.7 Å². The predicted octanol–water partition coefficient (Wildman–Crippen LogP) is 7.39. The molecular weight excluding hydrogens is 502 g/mol. The number of hydrogen-bond acceptors (Lipinski definition) is 7. The first-order chi connectivity index (χ1) is 19.5. The zero-order valence-corrected chi connectivity index (χ0v) is 22.4. The molecule has 0 aliphatic carbocycles. The van der Waals surface area contributed by atoms with Gasteiger partial charge >= 0.3 is 0 Å². The Balaban J connectivity index is 1.33. The standard InChI is InChI=1S/C33H27N3O4/c1-21-6-4-8-23(14-21)30(37)16-22-7-5-9-27(15-22)40-26-12-10-25(11-13-26)36-33-24(19-34)20-35-29-18-32(39-3)31(38-2)17-28(29)33/h4-15,17-18,20H,16H2,1-3H3,(H,35,36). The van der Waals surface area contributed by atoms with Crippen LogP contribution >= 0.6 is 0 Å². The van der Waals surface area contributed by atoms with Crippen LogP contribution in [0.5, 0.6) is 23.0 Å². The number of ketones is 1. The second-order valence-corrected chi connectivity index (χ2v) is 9.25. The molecule has 0 saturated heterocycles. The minimum Gasteiger partial charge on any atom is -0.493 e. The number of methoxy groups -OCH3 is 2. The maximum Gasteiger partial charge on any atom is 0.167 e. The van der Waals surface area contributed by atoms with Crippen LogP contribution in [0.15, 0.2) is 91.1 Å². The summed E-state index contributed by atoms with van der Waals surface area (Å²) in [5.74, 6) is 2.44. The molecule has 0 saturated carbocycles. The first-order valence-corrected chi connectivity index (χ1v) is 12.7. The number of fused-ring (bicyclic) bond motifs is 1. The Morgan fingerprint density at radius 2 is 1.65 bits per heavy atom. The van der Waals surface area contributed by atoms with Gasteiger partial charge in [-0.05, 0) is 61.0 Å². The number of anilines is 2. The number of carbonyl (C=O) groups excluding carboxylic acids is 1. The number of aromatic nitrogens is 1. The van der Waals surface area contributed by atoms with E-state index in [0.29, 0.717) is 51.7 Å². The topological polar surface area (TPSA) is 93.5 Å². The third kappa shape index (κ3) is 5.71. The van der Waals surface area contributed by atoms with E-state index in [2.05, 4.69) is 16.4 Å². The number of rotatable bonds is 9. The van der Waals surface area contributed by atoms with Crippen LogP contribution in [0.4, 0.5) is 11.4 Å². The van der Waals surface area contributed by atoms with E-state index >= 15 is 0 Å². The summed E-state index contributed by atoms with van der Waals surface area (Å²) in [5.41, 5.74) is 5.09. The highest BCUT2D eigenvalue weighted by Gasteiger charge is 2.14. The third-order valence-electron chi connectivity index (χ3n) is 6.46. The van der Waals surface area contributed by atoms with E-state index in [4.69, 9.17) is 14.2 Å². The van der Waals surface area contributed by atoms with Crippen molar-refractivity contribution in [2.75, 3.05) is 19.5 Å². The maximum absolute atomic E-state index is 12.7. The van der Waals surface area contributed by atoms with E-state index in [9.17, 15) is 10.1 Å². The van der Waals surface area contributed by atoms with Gasteiger partial charge in [-0.15, -0.1) is 0 Å². The molecule has 0 bridgehead atoms. The number of carbonyl (C=O) groups is 1. The maximum atomic E-state index is 12.7. The second-order valence-electron chi connectivity index (χ2n) is 9.25. The Labute approximate surface area is 232 Å². The molecule has 7 heteroatoms. The lowest BCUT2D eigenvalue weighted by atomic mass is 10.0. The molecule has 0 aliphatic rings. The zero-order chi connectivity index (χ0) is 28.1. The van der Waals surface area contributed by atoms with Crippen LogP contribution in [0, 0.1) is 18.3 Å². The van der Waals surface area contributed by atoms with Crippen molar-refractivity contribution in [3.05, 3.63) is 113 Å². The van der Waals surface area contributed by atoms with Crippen molar-refractivity contribution in [1.29, 1.82) is 5.26 Å². The fourth-order valence-corrected chi connectivity index (χ4v) is 4.45. The molecule has 0 spiro atoms. The minimum atomic E-state index is 0.0627. The highest BCUT2D eigenvalue weighted by Crippen LogP contribution is 2.37. The predicted molar refractivity (Wildman–Crippen MR) is 155 cm³/mol. The average molecular weight is 530 g/mol. The lowest BCUT2D eigenvalue weighted by molar-refractivity contribution is 0.0993. The number of nitrogens with zero attached hydrogens (tertiary/aromatic N) is 2. The molecular formula is C33H27N3O4. The summed E-state index contributed by atoms with van der Waals surface area (Å²) in [6.45, 7) is 1.97. The van der Waals surface area contributed by atoms with Crippen LogP contribution in [-0.4, -0.2) is 25.0 Å². The van der Waals surface area contributed by atoms with Crippen molar-refractivity contribution in [2.45, 2.75) is 13.3 Å². The van der Waals surface area contributed by atoms with Gasteiger partial charge in [-0.1, -0.05) is 35.9 Å². The summed E-state index contributed by atoms with van der Waals surface area (Å²) in [7, 11) is 3.13. The summed E-state index contributed by atoms with van der Waals surface area (Å²) in [6.07, 6.45) is 1.83. The van der Waals surface area contributed by atoms with Gasteiger partial charge in [-0.25, -0.2) is 0 Å². The second kappa shape index (κ2) is 11.6. The molecule has 5 rings (SSSR count). The van der Waals surface area contributed by atoms with Crippen LogP contribution in [0.1, 0.15) is 27.0 Å². The molecule has 5 aromatic rings. The van der Waals surface area contributed by atoms with E-state index in [-0.39, 0.29) is 5.78 Å². The smallest absolute Gasteiger partial charge is 0.167 e. The molecule has 7 nitrogen and oxygen atoms in total. The molecule has 4 aromatic carbocycles. The number of ether oxygens (including phenoxy) is 3. The minimum absolute atomic E-state index is 0.0627. The molecule has 0 aliphatic heterocycles. The Morgan fingerprint density at radius 1 is 0.900 bits per heavy atom. The molecule has 1 aromatic heterocycles. The molecule has 1 heterocycles. The number of Topliss-reactive ketones (excluding diaryl/α,β-unsaturated/α-hetero) is 1. The van der Waals surface area contributed by atoms with E-state index in [0.717, 1.165) is 22.2 Å². The van der Waals surface area contributed by atoms with Gasteiger partial charge in [0, 0.05) is 35.3 Å². The summed E-state index contributed by atoms with van der Waals surface area (Å²) < 4.78 is 16.9. The van der Waals surface area contributed by atoms with Gasteiger partial charge in [-0.2, -0.15) is 5.26 Å². The normalized spacial score (nSPS) is 10.6. The Kier molecular flexibility index (Phi) is 7.61. The fourth-order valence-electron chi connectivity index (χ4n) is 4.45. The van der Waals surface area contributed by atoms with E-state index in [1.54, 1.807) is 26.4 Å². The van der Waals surface area contributed by atoms with Crippen LogP contribution in [0.2, 0.25) is 0 Å². The first-order valence-electron chi connectivity index (χ1n) is 12.7. The molecule has 1 N–H and O–H groups in total. The van der Waals surface area contributed by atoms with Crippen LogP contribution in [-0.2, 0) is 6.42 Å². The van der Waals surface area contributed by atoms with Gasteiger partial charge in [0.05, 0.1) is 31.0 Å². The summed E-state index contributed by atoms with van der Waals surface area (Å²) in [4.78, 5) is 17.1. The Bertz CT molecular complexity index is 1740. The number of benzene rings is 4. The average Bonchev–Trinajstić information content (AvgIpc) is 2.97. The van der Waals surface area contributed by atoms with Crippen LogP contribution in [0.25, 0.3) is 10.9 Å². The summed E-state index contributed by atoms with van der Waals surface area (Å²) in [5, 5.41) is 13.8. The third-order valence-corrected chi connectivity index (χ3v) is 6.46. The van der Waals surface area contributed by atoms with Crippen molar-refractivity contribution in [3.63, 3.8) is 0 Å². The zero-order valence-electron chi connectivity index (χ0n) is 22.4. The van der Waals surface area contributed by atoms with Gasteiger partial charge in [-0.3, -0.25) is 9.78 Å². The number of aryl methyl sites for hydroxylation is 1. The number of nitriles is 1. The molecule has 0 radical (unpaired) electrons. The molecule has 0 amide bonds. The molecule has 40 heavy (non-hydrogen) atoms. The van der Waals surface area contributed by atoms with Crippen molar-refractivity contribution >= 4 is 28.1 Å². The molecule has 0 unspecified atom stereocenters. The van der Waals surface area contributed by atoms with Crippen molar-refractivity contribution in [1.82, 2.24) is 4.98 Å². The summed E-state index contributed by atoms with van der Waals surface area (Å²) in [6, 6.07) is 28.4. The van der Waals surface area contributed by atoms with Gasteiger partial charge < -0.3 is 19.5 Å². The van der Waals surface area contributed by atoms with Gasteiger partial charge in [0.2, 0.25) is 0 Å². The monoisotopic (exact) mass is 529 g/mol. The van der Waals surface area contributed by atoms with Gasteiger partial charge in [0.15, 0.2) is 17.3 Å². The highest BCUT2D eigenvalue weighted by atomic mass is 16.5.